The minimum absolute atomic E-state index is 0.0428. The van der Waals surface area contributed by atoms with Crippen LogP contribution in [0.2, 0.25) is 0 Å². The zero-order valence-corrected chi connectivity index (χ0v) is 17.7. The van der Waals surface area contributed by atoms with Gasteiger partial charge in [0, 0.05) is 41.4 Å². The number of carbonyl (C=O) groups is 2. The molecule has 29 heavy (non-hydrogen) atoms. The van der Waals surface area contributed by atoms with Crippen molar-refractivity contribution < 1.29 is 14.3 Å². The summed E-state index contributed by atoms with van der Waals surface area (Å²) in [6, 6.07) is 8.91. The fourth-order valence-electron chi connectivity index (χ4n) is 4.34. The second-order valence-corrected chi connectivity index (χ2v) is 9.35. The van der Waals surface area contributed by atoms with E-state index in [9.17, 15) is 9.59 Å². The molecule has 0 aliphatic carbocycles. The van der Waals surface area contributed by atoms with Crippen molar-refractivity contribution in [2.45, 2.75) is 56.0 Å². The number of morpholine rings is 1. The molecule has 4 atom stereocenters. The number of carbonyl (C=O) groups excluding carboxylic acids is 2. The predicted molar refractivity (Wildman–Crippen MR) is 117 cm³/mol. The highest BCUT2D eigenvalue weighted by atomic mass is 32.2. The van der Waals surface area contributed by atoms with E-state index in [-0.39, 0.29) is 24.0 Å². The molecule has 3 heterocycles. The smallest absolute Gasteiger partial charge is 0.315 e. The number of amides is 3. The highest BCUT2D eigenvalue weighted by Gasteiger charge is 2.42. The van der Waals surface area contributed by atoms with Gasteiger partial charge in [-0.25, -0.2) is 4.79 Å². The summed E-state index contributed by atoms with van der Waals surface area (Å²) in [6.07, 6.45) is 3.43. The van der Waals surface area contributed by atoms with E-state index in [0.717, 1.165) is 50.5 Å². The van der Waals surface area contributed by atoms with Crippen molar-refractivity contribution in [3.05, 3.63) is 24.3 Å². The van der Waals surface area contributed by atoms with Crippen LogP contribution in [0.25, 0.3) is 0 Å². The number of fused-ring (bicyclic) bond motifs is 1. The Morgan fingerprint density at radius 3 is 2.90 bits per heavy atom. The molecule has 4 rings (SSSR count). The third kappa shape index (κ3) is 4.98. The molecule has 3 N–H and O–H groups in total. The highest BCUT2D eigenvalue weighted by Crippen LogP contribution is 2.33. The van der Waals surface area contributed by atoms with Gasteiger partial charge in [-0.1, -0.05) is 6.42 Å². The van der Waals surface area contributed by atoms with Crippen LogP contribution in [0.4, 0.5) is 16.2 Å². The predicted octanol–water partition coefficient (Wildman–Crippen LogP) is 2.58. The van der Waals surface area contributed by atoms with E-state index in [1.54, 1.807) is 0 Å². The van der Waals surface area contributed by atoms with Gasteiger partial charge >= 0.3 is 6.03 Å². The second-order valence-electron chi connectivity index (χ2n) is 8.08. The zero-order chi connectivity index (χ0) is 20.2. The Morgan fingerprint density at radius 2 is 2.10 bits per heavy atom. The molecule has 7 nitrogen and oxygen atoms in total. The number of nitrogens with one attached hydrogen (secondary N) is 3. The van der Waals surface area contributed by atoms with Crippen LogP contribution in [0.1, 0.15) is 32.6 Å². The maximum absolute atomic E-state index is 12.3. The lowest BCUT2D eigenvalue weighted by atomic mass is 10.0. The van der Waals surface area contributed by atoms with Crippen molar-refractivity contribution in [2.75, 3.05) is 35.7 Å². The molecule has 158 valence electrons. The number of nitrogens with zero attached hydrogens (tertiary/aromatic N) is 1. The summed E-state index contributed by atoms with van der Waals surface area (Å²) in [5.74, 6) is 1.04. The maximum Gasteiger partial charge on any atom is 0.315 e. The highest BCUT2D eigenvalue weighted by molar-refractivity contribution is 8.00. The SMILES string of the molecule is C[C@@H]1COCCN1c1ccc(NC(=O)CCCC[C@@H]2SC[C@@H]3NC(=O)N[C@H]32)cc1. The van der Waals surface area contributed by atoms with Crippen molar-refractivity contribution in [2.24, 2.45) is 0 Å². The van der Waals surface area contributed by atoms with Crippen molar-refractivity contribution in [3.63, 3.8) is 0 Å². The normalized spacial score (nSPS) is 28.6. The van der Waals surface area contributed by atoms with E-state index >= 15 is 0 Å². The van der Waals surface area contributed by atoms with Gasteiger partial charge < -0.3 is 25.6 Å². The van der Waals surface area contributed by atoms with E-state index < -0.39 is 0 Å². The van der Waals surface area contributed by atoms with Crippen molar-refractivity contribution in [1.29, 1.82) is 0 Å². The average Bonchev–Trinajstić information content (AvgIpc) is 3.26. The van der Waals surface area contributed by atoms with Gasteiger partial charge in [0.05, 0.1) is 25.3 Å². The molecule has 1 aromatic carbocycles. The van der Waals surface area contributed by atoms with Crippen LogP contribution in [0.15, 0.2) is 24.3 Å². The summed E-state index contributed by atoms with van der Waals surface area (Å²) in [5.41, 5.74) is 2.01. The minimum atomic E-state index is -0.0428. The van der Waals surface area contributed by atoms with Gasteiger partial charge in [-0.2, -0.15) is 11.8 Å². The minimum Gasteiger partial charge on any atom is -0.377 e. The largest absolute Gasteiger partial charge is 0.377 e. The van der Waals surface area contributed by atoms with Gasteiger partial charge in [-0.3, -0.25) is 4.79 Å². The molecule has 0 unspecified atom stereocenters. The summed E-state index contributed by atoms with van der Waals surface area (Å²) >= 11 is 1.92. The number of benzene rings is 1. The number of urea groups is 1. The molecule has 0 radical (unpaired) electrons. The Kier molecular flexibility index (Phi) is 6.50. The first-order valence-electron chi connectivity index (χ1n) is 10.5. The Bertz CT molecular complexity index is 729. The molecule has 0 bridgehead atoms. The fraction of sp³-hybridized carbons (Fsp3) is 0.619. The molecule has 0 spiro atoms. The maximum atomic E-state index is 12.3. The molecule has 0 aromatic heterocycles. The van der Waals surface area contributed by atoms with Gasteiger partial charge in [-0.15, -0.1) is 0 Å². The Labute approximate surface area is 176 Å². The van der Waals surface area contributed by atoms with E-state index in [4.69, 9.17) is 4.74 Å². The number of ether oxygens (including phenoxy) is 1. The molecule has 3 aliphatic heterocycles. The van der Waals surface area contributed by atoms with Gasteiger partial charge in [0.15, 0.2) is 0 Å². The van der Waals surface area contributed by atoms with Crippen LogP contribution in [-0.2, 0) is 9.53 Å². The van der Waals surface area contributed by atoms with Gasteiger partial charge in [0.2, 0.25) is 5.91 Å². The Balaban J connectivity index is 1.17. The summed E-state index contributed by atoms with van der Waals surface area (Å²) in [7, 11) is 0. The van der Waals surface area contributed by atoms with Gasteiger partial charge in [0.1, 0.15) is 0 Å². The molecule has 3 saturated heterocycles. The lowest BCUT2D eigenvalue weighted by Crippen LogP contribution is -2.43. The standard InChI is InChI=1S/C21H30N4O3S/c1-14-12-28-11-10-25(14)16-8-6-15(7-9-16)22-19(26)5-3-2-4-18-20-17(13-29-18)23-21(27)24-20/h6-9,14,17-18,20H,2-5,10-13H2,1H3,(H,22,26)(H2,23,24,27)/t14-,17+,18+,20-/m1/s1. The van der Waals surface area contributed by atoms with Gasteiger partial charge in [-0.05, 0) is 44.0 Å². The van der Waals surface area contributed by atoms with Crippen LogP contribution in [0.5, 0.6) is 0 Å². The van der Waals surface area contributed by atoms with Crippen LogP contribution >= 0.6 is 11.8 Å². The molecule has 8 heteroatoms. The summed E-state index contributed by atoms with van der Waals surface area (Å²) < 4.78 is 5.49. The average molecular weight is 419 g/mol. The molecular formula is C21H30N4O3S. The van der Waals surface area contributed by atoms with Crippen molar-refractivity contribution in [3.8, 4) is 0 Å². The lowest BCUT2D eigenvalue weighted by Gasteiger charge is -2.35. The number of hydrogen-bond acceptors (Lipinski definition) is 5. The molecule has 3 fully saturated rings. The third-order valence-corrected chi connectivity index (χ3v) is 7.44. The first kappa shape index (κ1) is 20.3. The van der Waals surface area contributed by atoms with Crippen LogP contribution in [0.3, 0.4) is 0 Å². The topological polar surface area (TPSA) is 82.7 Å². The first-order chi connectivity index (χ1) is 14.1. The Hall–Kier alpha value is -1.93. The second kappa shape index (κ2) is 9.26. The number of thioether (sulfide) groups is 1. The Morgan fingerprint density at radius 1 is 1.28 bits per heavy atom. The molecular weight excluding hydrogens is 388 g/mol. The quantitative estimate of drug-likeness (QED) is 0.468. The van der Waals surface area contributed by atoms with E-state index in [2.05, 4.69) is 39.9 Å². The van der Waals surface area contributed by atoms with Crippen molar-refractivity contribution in [1.82, 2.24) is 10.6 Å². The fourth-order valence-corrected chi connectivity index (χ4v) is 5.89. The third-order valence-electron chi connectivity index (χ3n) is 5.93. The summed E-state index contributed by atoms with van der Waals surface area (Å²) in [5, 5.41) is 9.44. The number of unbranched alkanes of at least 4 members (excludes halogenated alkanes) is 1. The van der Waals surface area contributed by atoms with Gasteiger partial charge in [0.25, 0.3) is 0 Å². The number of hydrogen-bond donors (Lipinski definition) is 3. The van der Waals surface area contributed by atoms with E-state index in [0.29, 0.717) is 17.7 Å². The van der Waals surface area contributed by atoms with Crippen LogP contribution in [-0.4, -0.2) is 60.8 Å². The molecule has 1 aromatic rings. The van der Waals surface area contributed by atoms with Crippen LogP contribution in [0, 0.1) is 0 Å². The van der Waals surface area contributed by atoms with Crippen LogP contribution < -0.4 is 20.9 Å². The van der Waals surface area contributed by atoms with Crippen molar-refractivity contribution >= 4 is 35.1 Å². The summed E-state index contributed by atoms with van der Waals surface area (Å²) in [4.78, 5) is 26.0. The lowest BCUT2D eigenvalue weighted by molar-refractivity contribution is -0.116. The molecule has 3 aliphatic rings. The monoisotopic (exact) mass is 418 g/mol. The zero-order valence-electron chi connectivity index (χ0n) is 16.9. The number of rotatable bonds is 7. The number of anilines is 2. The molecule has 3 amide bonds. The molecule has 0 saturated carbocycles. The van der Waals surface area contributed by atoms with E-state index in [1.807, 2.05) is 23.9 Å². The summed E-state index contributed by atoms with van der Waals surface area (Å²) in [6.45, 7) is 4.57. The first-order valence-corrected chi connectivity index (χ1v) is 11.6. The van der Waals surface area contributed by atoms with E-state index in [1.165, 1.54) is 5.69 Å².